The van der Waals surface area contributed by atoms with Gasteiger partial charge in [0.25, 0.3) is 0 Å². The zero-order valence-corrected chi connectivity index (χ0v) is 7.59. The van der Waals surface area contributed by atoms with Gasteiger partial charge in [0.15, 0.2) is 5.82 Å². The van der Waals surface area contributed by atoms with Crippen molar-refractivity contribution in [2.24, 2.45) is 4.99 Å². The fraction of sp³-hybridized carbons (Fsp3) is 0.0909. The second-order valence-corrected chi connectivity index (χ2v) is 3.30. The molecule has 0 unspecified atom stereocenters. The Balaban J connectivity index is 2.19. The van der Waals surface area contributed by atoms with Crippen molar-refractivity contribution in [3.63, 3.8) is 0 Å². The Morgan fingerprint density at radius 3 is 3.14 bits per heavy atom. The molecule has 1 aliphatic heterocycles. The van der Waals surface area contributed by atoms with Crippen LogP contribution in [0.25, 0.3) is 0 Å². The van der Waals surface area contributed by atoms with E-state index in [2.05, 4.69) is 20.6 Å². The summed E-state index contributed by atoms with van der Waals surface area (Å²) in [7, 11) is 0. The van der Waals surface area contributed by atoms with E-state index in [0.29, 0.717) is 0 Å². The summed E-state index contributed by atoms with van der Waals surface area (Å²) in [6.07, 6.45) is 5.59. The van der Waals surface area contributed by atoms with Crippen molar-refractivity contribution in [1.29, 1.82) is 0 Å². The van der Waals surface area contributed by atoms with Crippen LogP contribution in [0, 0.1) is 0 Å². The molecule has 3 rings (SSSR count). The van der Waals surface area contributed by atoms with Gasteiger partial charge in [0, 0.05) is 12.4 Å². The van der Waals surface area contributed by atoms with E-state index in [9.17, 15) is 0 Å². The molecule has 2 aromatic rings. The molecule has 0 radical (unpaired) electrons. The predicted molar refractivity (Wildman–Crippen MR) is 55.0 cm³/mol. The van der Waals surface area contributed by atoms with Crippen molar-refractivity contribution in [3.05, 3.63) is 48.0 Å². The lowest BCUT2D eigenvalue weighted by atomic mass is 10.2. The summed E-state index contributed by atoms with van der Waals surface area (Å²) in [6.45, 7) is 0.853. The van der Waals surface area contributed by atoms with Crippen molar-refractivity contribution in [2.45, 2.75) is 6.54 Å². The van der Waals surface area contributed by atoms with Crippen LogP contribution in [0.5, 0.6) is 0 Å². The number of fused-ring (bicyclic) bond motifs is 2. The number of benzene rings is 1. The molecule has 0 saturated carbocycles. The van der Waals surface area contributed by atoms with Crippen LogP contribution in [0.3, 0.4) is 0 Å². The molecule has 0 atom stereocenters. The van der Waals surface area contributed by atoms with Gasteiger partial charge in [-0.3, -0.25) is 4.99 Å². The van der Waals surface area contributed by atoms with Gasteiger partial charge >= 0.3 is 0 Å². The van der Waals surface area contributed by atoms with Gasteiger partial charge in [0.1, 0.15) is 0 Å². The maximum atomic E-state index is 4.39. The number of nitrogens with zero attached hydrogens (tertiary/aromatic N) is 3. The lowest BCUT2D eigenvalue weighted by Crippen LogP contribution is -2.00. The van der Waals surface area contributed by atoms with Crippen molar-refractivity contribution in [1.82, 2.24) is 9.55 Å². The quantitative estimate of drug-likeness (QED) is 0.524. The van der Waals surface area contributed by atoms with Crippen LogP contribution in [0.15, 0.2) is 41.7 Å². The Labute approximate surface area is 81.7 Å². The zero-order valence-electron chi connectivity index (χ0n) is 7.59. The summed E-state index contributed by atoms with van der Waals surface area (Å²) in [6, 6.07) is 8.17. The fourth-order valence-electron chi connectivity index (χ4n) is 1.66. The highest BCUT2D eigenvalue weighted by molar-refractivity contribution is 5.79. The van der Waals surface area contributed by atoms with Crippen molar-refractivity contribution in [2.75, 3.05) is 0 Å². The largest absolute Gasteiger partial charge is 0.326 e. The maximum absolute atomic E-state index is 4.39. The summed E-state index contributed by atoms with van der Waals surface area (Å²) >= 11 is 0. The average Bonchev–Trinajstić information content (AvgIpc) is 2.58. The Morgan fingerprint density at radius 1 is 1.21 bits per heavy atom. The smallest absolute Gasteiger partial charge is 0.151 e. The first-order valence-corrected chi connectivity index (χ1v) is 4.56. The van der Waals surface area contributed by atoms with Crippen LogP contribution >= 0.6 is 0 Å². The SMILES string of the molecule is C1=Nc2ccccc2Cn2ccnc21. The van der Waals surface area contributed by atoms with Crippen LogP contribution in [-0.4, -0.2) is 15.8 Å². The fourth-order valence-corrected chi connectivity index (χ4v) is 1.66. The molecule has 0 aliphatic carbocycles. The number of aromatic nitrogens is 2. The molecular formula is C11H9N3. The molecule has 14 heavy (non-hydrogen) atoms. The van der Waals surface area contributed by atoms with Crippen molar-refractivity contribution >= 4 is 11.9 Å². The molecule has 1 aliphatic rings. The van der Waals surface area contributed by atoms with Crippen LogP contribution in [0.1, 0.15) is 11.4 Å². The van der Waals surface area contributed by atoms with E-state index in [-0.39, 0.29) is 0 Å². The Kier molecular flexibility index (Phi) is 1.50. The van der Waals surface area contributed by atoms with Crippen LogP contribution < -0.4 is 0 Å². The van der Waals surface area contributed by atoms with Crippen molar-refractivity contribution in [3.8, 4) is 0 Å². The highest BCUT2D eigenvalue weighted by Gasteiger charge is 2.08. The van der Waals surface area contributed by atoms with E-state index in [4.69, 9.17) is 0 Å². The standard InChI is InChI=1S/C11H9N3/c1-2-4-10-9(3-1)8-14-6-5-12-11(14)7-13-10/h1-7H,8H2. The first-order valence-electron chi connectivity index (χ1n) is 4.56. The third-order valence-electron chi connectivity index (χ3n) is 2.40. The number of para-hydroxylation sites is 1. The van der Waals surface area contributed by atoms with E-state index in [1.807, 2.05) is 30.6 Å². The highest BCUT2D eigenvalue weighted by Crippen LogP contribution is 2.22. The van der Waals surface area contributed by atoms with Gasteiger partial charge in [0.2, 0.25) is 0 Å². The molecule has 0 fully saturated rings. The van der Waals surface area contributed by atoms with Crippen LogP contribution in [0.2, 0.25) is 0 Å². The van der Waals surface area contributed by atoms with Gasteiger partial charge < -0.3 is 4.57 Å². The molecule has 1 aromatic heterocycles. The lowest BCUT2D eigenvalue weighted by molar-refractivity contribution is 0.796. The number of aliphatic imine (C=N–C) groups is 1. The van der Waals surface area contributed by atoms with E-state index >= 15 is 0 Å². The number of hydrogen-bond donors (Lipinski definition) is 0. The lowest BCUT2D eigenvalue weighted by Gasteiger charge is -2.03. The molecule has 1 aromatic carbocycles. The Hall–Kier alpha value is -1.90. The summed E-state index contributed by atoms with van der Waals surface area (Å²) in [5.41, 5.74) is 2.28. The second-order valence-electron chi connectivity index (χ2n) is 3.30. The van der Waals surface area contributed by atoms with E-state index in [1.54, 1.807) is 6.20 Å². The van der Waals surface area contributed by atoms with Gasteiger partial charge in [-0.15, -0.1) is 0 Å². The van der Waals surface area contributed by atoms with E-state index in [1.165, 1.54) is 5.56 Å². The minimum absolute atomic E-state index is 0.853. The van der Waals surface area contributed by atoms with Gasteiger partial charge in [-0.25, -0.2) is 4.98 Å². The van der Waals surface area contributed by atoms with Crippen LogP contribution in [0.4, 0.5) is 5.69 Å². The monoisotopic (exact) mass is 183 g/mol. The minimum atomic E-state index is 0.853. The minimum Gasteiger partial charge on any atom is -0.326 e. The molecule has 0 bridgehead atoms. The first kappa shape index (κ1) is 7.50. The molecule has 0 saturated heterocycles. The average molecular weight is 183 g/mol. The molecule has 68 valence electrons. The molecule has 3 nitrogen and oxygen atoms in total. The molecule has 2 heterocycles. The third kappa shape index (κ3) is 1.06. The van der Waals surface area contributed by atoms with Gasteiger partial charge in [-0.1, -0.05) is 18.2 Å². The molecule has 0 N–H and O–H groups in total. The summed E-state index contributed by atoms with van der Waals surface area (Å²) in [5.74, 6) is 0.918. The summed E-state index contributed by atoms with van der Waals surface area (Å²) < 4.78 is 2.09. The normalized spacial score (nSPS) is 13.1. The number of imidazole rings is 1. The Bertz CT molecular complexity index is 497. The maximum Gasteiger partial charge on any atom is 0.151 e. The van der Waals surface area contributed by atoms with Crippen molar-refractivity contribution < 1.29 is 0 Å². The topological polar surface area (TPSA) is 30.2 Å². The van der Waals surface area contributed by atoms with Crippen LogP contribution in [-0.2, 0) is 6.54 Å². The predicted octanol–water partition coefficient (Wildman–Crippen LogP) is 2.00. The highest BCUT2D eigenvalue weighted by atomic mass is 15.1. The molecular weight excluding hydrogens is 174 g/mol. The zero-order chi connectivity index (χ0) is 9.38. The van der Waals surface area contributed by atoms with E-state index < -0.39 is 0 Å². The number of rotatable bonds is 0. The Morgan fingerprint density at radius 2 is 2.14 bits per heavy atom. The first-order chi connectivity index (χ1) is 6.93. The van der Waals surface area contributed by atoms with Gasteiger partial charge in [-0.2, -0.15) is 0 Å². The molecule has 3 heteroatoms. The summed E-state index contributed by atoms with van der Waals surface area (Å²) in [5, 5.41) is 0. The van der Waals surface area contributed by atoms with Gasteiger partial charge in [0.05, 0.1) is 18.4 Å². The number of hydrogen-bond acceptors (Lipinski definition) is 2. The molecule has 0 amide bonds. The third-order valence-corrected chi connectivity index (χ3v) is 2.40. The molecule has 0 spiro atoms. The second kappa shape index (κ2) is 2.80. The van der Waals surface area contributed by atoms with E-state index in [0.717, 1.165) is 18.1 Å². The summed E-state index contributed by atoms with van der Waals surface area (Å²) in [4.78, 5) is 8.61. The van der Waals surface area contributed by atoms with Gasteiger partial charge in [-0.05, 0) is 11.6 Å².